The van der Waals surface area contributed by atoms with E-state index >= 15 is 0 Å². The summed E-state index contributed by atoms with van der Waals surface area (Å²) in [6, 6.07) is 11.6. The van der Waals surface area contributed by atoms with E-state index in [1.807, 2.05) is 50.2 Å². The van der Waals surface area contributed by atoms with Gasteiger partial charge in [0.25, 0.3) is 0 Å². The maximum absolute atomic E-state index is 5.47. The summed E-state index contributed by atoms with van der Waals surface area (Å²) in [5.41, 5.74) is 4.24. The molecular weight excluding hydrogens is 356 g/mol. The fourth-order valence-electron chi connectivity index (χ4n) is 2.94. The lowest BCUT2D eigenvalue weighted by atomic mass is 10.1. The first kappa shape index (κ1) is 17.8. The van der Waals surface area contributed by atoms with E-state index in [-0.39, 0.29) is 0 Å². The third-order valence-corrected chi connectivity index (χ3v) is 4.38. The van der Waals surface area contributed by atoms with Crippen molar-refractivity contribution in [3.63, 3.8) is 0 Å². The molecule has 1 N–H and O–H groups in total. The molecule has 4 aromatic rings. The molecule has 0 unspecified atom stereocenters. The minimum atomic E-state index is 0.512. The minimum Gasteiger partial charge on any atom is -0.497 e. The first-order chi connectivity index (χ1) is 13.6. The second-order valence-electron chi connectivity index (χ2n) is 6.38. The van der Waals surface area contributed by atoms with Crippen molar-refractivity contribution in [1.82, 2.24) is 15.1 Å². The zero-order valence-corrected chi connectivity index (χ0v) is 15.9. The fourth-order valence-corrected chi connectivity index (χ4v) is 2.94. The van der Waals surface area contributed by atoms with Gasteiger partial charge in [0.2, 0.25) is 5.95 Å². The maximum Gasteiger partial charge on any atom is 0.223 e. The minimum absolute atomic E-state index is 0.512. The number of methoxy groups -OCH3 is 1. The molecule has 7 heteroatoms. The number of ether oxygens (including phenoxy) is 1. The van der Waals surface area contributed by atoms with Gasteiger partial charge in [-0.2, -0.15) is 0 Å². The van der Waals surface area contributed by atoms with Crippen LogP contribution in [0.1, 0.15) is 17.0 Å². The van der Waals surface area contributed by atoms with Crippen molar-refractivity contribution in [3.8, 4) is 28.3 Å². The molecule has 0 saturated carbocycles. The van der Waals surface area contributed by atoms with Gasteiger partial charge in [-0.05, 0) is 37.6 Å². The lowest BCUT2D eigenvalue weighted by Gasteiger charge is -2.10. The summed E-state index contributed by atoms with van der Waals surface area (Å²) in [5, 5.41) is 7.23. The van der Waals surface area contributed by atoms with Crippen LogP contribution >= 0.6 is 0 Å². The molecule has 1 aromatic carbocycles. The molecule has 3 heterocycles. The Morgan fingerprint density at radius 2 is 2.00 bits per heavy atom. The number of aryl methyl sites for hydroxylation is 2. The van der Waals surface area contributed by atoms with Crippen molar-refractivity contribution in [2.45, 2.75) is 20.4 Å². The molecule has 4 rings (SSSR count). The van der Waals surface area contributed by atoms with Gasteiger partial charge in [0.15, 0.2) is 5.76 Å². The Hall–Kier alpha value is -3.61. The molecule has 0 saturated heterocycles. The number of hydrogen-bond donors (Lipinski definition) is 1. The molecule has 0 amide bonds. The topological polar surface area (TPSA) is 86.2 Å². The van der Waals surface area contributed by atoms with Gasteiger partial charge in [-0.3, -0.25) is 0 Å². The number of furan rings is 1. The first-order valence-electron chi connectivity index (χ1n) is 8.86. The van der Waals surface area contributed by atoms with E-state index in [2.05, 4.69) is 15.5 Å². The molecule has 0 aliphatic heterocycles. The van der Waals surface area contributed by atoms with Crippen molar-refractivity contribution >= 4 is 5.95 Å². The summed E-state index contributed by atoms with van der Waals surface area (Å²) in [6.45, 7) is 4.35. The van der Waals surface area contributed by atoms with E-state index in [4.69, 9.17) is 18.7 Å². The van der Waals surface area contributed by atoms with Gasteiger partial charge in [0, 0.05) is 24.4 Å². The van der Waals surface area contributed by atoms with Crippen molar-refractivity contribution < 1.29 is 13.7 Å². The normalized spacial score (nSPS) is 10.8. The van der Waals surface area contributed by atoms with Crippen LogP contribution in [-0.4, -0.2) is 22.2 Å². The standard InChI is InChI=1S/C21H20N4O3/c1-13-9-19(28-25-13)18-12-23-21(24-20(18)17-7-8-27-14(17)2)22-11-15-5-4-6-16(10-15)26-3/h4-10,12H,11H2,1-3H3,(H,22,23,24). The predicted octanol–water partition coefficient (Wildman–Crippen LogP) is 4.63. The van der Waals surface area contributed by atoms with Crippen LogP contribution in [0.4, 0.5) is 5.95 Å². The first-order valence-corrected chi connectivity index (χ1v) is 8.86. The SMILES string of the molecule is COc1cccc(CNc2ncc(-c3cc(C)no3)c(-c3ccoc3C)n2)c1. The lowest BCUT2D eigenvalue weighted by Crippen LogP contribution is -2.05. The molecule has 0 spiro atoms. The van der Waals surface area contributed by atoms with E-state index in [0.29, 0.717) is 18.3 Å². The maximum atomic E-state index is 5.47. The Bertz CT molecular complexity index is 1100. The highest BCUT2D eigenvalue weighted by Gasteiger charge is 2.18. The van der Waals surface area contributed by atoms with E-state index in [1.54, 1.807) is 19.6 Å². The predicted molar refractivity (Wildman–Crippen MR) is 105 cm³/mol. The van der Waals surface area contributed by atoms with Gasteiger partial charge < -0.3 is 19.0 Å². The van der Waals surface area contributed by atoms with Gasteiger partial charge in [0.05, 0.1) is 30.3 Å². The highest BCUT2D eigenvalue weighted by atomic mass is 16.5. The van der Waals surface area contributed by atoms with Crippen LogP contribution < -0.4 is 10.1 Å². The van der Waals surface area contributed by atoms with Crippen LogP contribution in [0.2, 0.25) is 0 Å². The smallest absolute Gasteiger partial charge is 0.223 e. The zero-order valence-electron chi connectivity index (χ0n) is 15.9. The Balaban J connectivity index is 1.67. The van der Waals surface area contributed by atoms with Gasteiger partial charge in [-0.15, -0.1) is 0 Å². The summed E-state index contributed by atoms with van der Waals surface area (Å²) >= 11 is 0. The Morgan fingerprint density at radius 1 is 1.11 bits per heavy atom. The van der Waals surface area contributed by atoms with Crippen LogP contribution in [0.3, 0.4) is 0 Å². The second kappa shape index (κ2) is 7.56. The molecular formula is C21H20N4O3. The largest absolute Gasteiger partial charge is 0.497 e. The molecule has 0 radical (unpaired) electrons. The van der Waals surface area contributed by atoms with Crippen LogP contribution in [0.15, 0.2) is 57.8 Å². The number of hydrogen-bond acceptors (Lipinski definition) is 7. The number of benzene rings is 1. The molecule has 0 bridgehead atoms. The average molecular weight is 376 g/mol. The van der Waals surface area contributed by atoms with E-state index < -0.39 is 0 Å². The highest BCUT2D eigenvalue weighted by Crippen LogP contribution is 2.33. The summed E-state index contributed by atoms with van der Waals surface area (Å²) in [5.74, 6) is 2.71. The summed E-state index contributed by atoms with van der Waals surface area (Å²) in [4.78, 5) is 9.17. The van der Waals surface area contributed by atoms with Crippen molar-refractivity contribution in [2.75, 3.05) is 12.4 Å². The van der Waals surface area contributed by atoms with Gasteiger partial charge in [0.1, 0.15) is 11.5 Å². The quantitative estimate of drug-likeness (QED) is 0.525. The van der Waals surface area contributed by atoms with Crippen LogP contribution in [0, 0.1) is 13.8 Å². The van der Waals surface area contributed by atoms with Crippen LogP contribution in [0.25, 0.3) is 22.6 Å². The van der Waals surface area contributed by atoms with E-state index in [9.17, 15) is 0 Å². The second-order valence-corrected chi connectivity index (χ2v) is 6.38. The van der Waals surface area contributed by atoms with Crippen molar-refractivity contribution in [1.29, 1.82) is 0 Å². The Kier molecular flexibility index (Phi) is 4.80. The van der Waals surface area contributed by atoms with Gasteiger partial charge in [-0.25, -0.2) is 9.97 Å². The number of nitrogens with one attached hydrogen (secondary N) is 1. The molecule has 0 fully saturated rings. The molecule has 0 aliphatic rings. The van der Waals surface area contributed by atoms with Crippen molar-refractivity contribution in [3.05, 3.63) is 65.9 Å². The molecule has 0 atom stereocenters. The summed E-state index contributed by atoms with van der Waals surface area (Å²) in [6.07, 6.45) is 3.38. The zero-order chi connectivity index (χ0) is 19.5. The van der Waals surface area contributed by atoms with Crippen LogP contribution in [0.5, 0.6) is 5.75 Å². The van der Waals surface area contributed by atoms with Crippen LogP contribution in [-0.2, 0) is 6.54 Å². The van der Waals surface area contributed by atoms with Crippen molar-refractivity contribution in [2.24, 2.45) is 0 Å². The molecule has 28 heavy (non-hydrogen) atoms. The molecule has 3 aromatic heterocycles. The number of rotatable bonds is 6. The Labute approximate surface area is 162 Å². The van der Waals surface area contributed by atoms with Gasteiger partial charge >= 0.3 is 0 Å². The Morgan fingerprint density at radius 3 is 2.71 bits per heavy atom. The number of anilines is 1. The summed E-state index contributed by atoms with van der Waals surface area (Å²) in [7, 11) is 1.65. The van der Waals surface area contributed by atoms with E-state index in [1.165, 1.54) is 0 Å². The number of nitrogens with zero attached hydrogens (tertiary/aromatic N) is 3. The van der Waals surface area contributed by atoms with E-state index in [0.717, 1.165) is 39.6 Å². The highest BCUT2D eigenvalue weighted by molar-refractivity contribution is 5.79. The monoisotopic (exact) mass is 376 g/mol. The fraction of sp³-hybridized carbons (Fsp3) is 0.190. The summed E-state index contributed by atoms with van der Waals surface area (Å²) < 4.78 is 16.2. The molecule has 0 aliphatic carbocycles. The number of aromatic nitrogens is 3. The van der Waals surface area contributed by atoms with Gasteiger partial charge in [-0.1, -0.05) is 17.3 Å². The third kappa shape index (κ3) is 3.59. The molecule has 142 valence electrons. The lowest BCUT2D eigenvalue weighted by molar-refractivity contribution is 0.414. The third-order valence-electron chi connectivity index (χ3n) is 4.38. The average Bonchev–Trinajstić information content (AvgIpc) is 3.34. The molecule has 7 nitrogen and oxygen atoms in total.